The maximum Gasteiger partial charge on any atom is 0.246 e. The van der Waals surface area contributed by atoms with Gasteiger partial charge in [-0.3, -0.25) is 14.4 Å². The molecule has 0 aromatic heterocycles. The van der Waals surface area contributed by atoms with E-state index in [0.29, 0.717) is 31.5 Å². The second-order valence-electron chi connectivity index (χ2n) is 4.84. The third kappa shape index (κ3) is 8.45. The van der Waals surface area contributed by atoms with Crippen molar-refractivity contribution in [2.24, 2.45) is 0 Å². The van der Waals surface area contributed by atoms with E-state index >= 15 is 0 Å². The fraction of sp³-hybridized carbons (Fsp3) is 0.667. The van der Waals surface area contributed by atoms with Crippen LogP contribution >= 0.6 is 0 Å². The normalized spacial score (nSPS) is 10.8. The van der Waals surface area contributed by atoms with Crippen molar-refractivity contribution < 1.29 is 14.4 Å². The molecule has 0 heterocycles. The smallest absolute Gasteiger partial charge is 0.246 e. The van der Waals surface area contributed by atoms with Gasteiger partial charge in [-0.2, -0.15) is 0 Å². The van der Waals surface area contributed by atoms with Crippen molar-refractivity contribution in [2.45, 2.75) is 39.7 Å². The van der Waals surface area contributed by atoms with Crippen LogP contribution in [0.5, 0.6) is 0 Å². The van der Waals surface area contributed by atoms with Crippen LogP contribution in [0.3, 0.4) is 0 Å². The Morgan fingerprint density at radius 2 is 2.06 bits per heavy atom. The number of carbonyl (C=O) groups excluding carboxylic acids is 2. The van der Waals surface area contributed by atoms with Gasteiger partial charge < -0.3 is 5.32 Å². The third-order valence-corrected chi connectivity index (χ3v) is 1.74. The zero-order valence-corrected chi connectivity index (χ0v) is 11.1. The Bertz CT molecular complexity index is 282. The largest absolute Gasteiger partial charge is 0.352 e. The molecule has 0 saturated carbocycles. The molecule has 0 aliphatic rings. The molecule has 17 heavy (non-hydrogen) atoms. The van der Waals surface area contributed by atoms with Crippen LogP contribution in [0.2, 0.25) is 0 Å². The van der Waals surface area contributed by atoms with Gasteiger partial charge in [-0.05, 0) is 34.1 Å². The van der Waals surface area contributed by atoms with Crippen LogP contribution in [0.25, 0.3) is 0 Å². The Morgan fingerprint density at radius 1 is 1.47 bits per heavy atom. The summed E-state index contributed by atoms with van der Waals surface area (Å²) in [5, 5.41) is 3.93. The highest BCUT2D eigenvalue weighted by Gasteiger charge is 2.15. The van der Waals surface area contributed by atoms with Gasteiger partial charge in [-0.1, -0.05) is 6.58 Å². The van der Waals surface area contributed by atoms with Crippen LogP contribution in [-0.2, 0) is 14.4 Å². The number of amides is 2. The molecule has 0 radical (unpaired) electrons. The first-order chi connectivity index (χ1) is 7.76. The summed E-state index contributed by atoms with van der Waals surface area (Å²) < 4.78 is 0. The Morgan fingerprint density at radius 3 is 2.47 bits per heavy atom. The maximum atomic E-state index is 11.2. The van der Waals surface area contributed by atoms with E-state index in [-0.39, 0.29) is 5.91 Å². The number of nitrogens with zero attached hydrogens (tertiary/aromatic N) is 1. The molecule has 0 aliphatic heterocycles. The van der Waals surface area contributed by atoms with E-state index in [0.717, 1.165) is 0 Å². The molecular weight excluding hydrogens is 220 g/mol. The van der Waals surface area contributed by atoms with E-state index in [1.54, 1.807) is 6.92 Å². The lowest BCUT2D eigenvalue weighted by molar-refractivity contribution is -0.216. The van der Waals surface area contributed by atoms with Crippen molar-refractivity contribution in [3.8, 4) is 0 Å². The number of hydrogen-bond donors (Lipinski definition) is 1. The number of rotatable bonds is 7. The molecule has 98 valence electrons. The summed E-state index contributed by atoms with van der Waals surface area (Å²) in [5.41, 5.74) is 0.0742. The molecular formula is C12H22N2O3. The van der Waals surface area contributed by atoms with Gasteiger partial charge in [-0.15, -0.1) is 0 Å². The lowest BCUT2D eigenvalue weighted by Gasteiger charge is -2.26. The number of nitrogens with one attached hydrogen (secondary N) is 1. The van der Waals surface area contributed by atoms with Crippen LogP contribution in [0, 0.1) is 0 Å². The number of carbonyl (C=O) groups is 2. The van der Waals surface area contributed by atoms with Crippen LogP contribution < -0.4 is 5.32 Å². The maximum absolute atomic E-state index is 11.2. The summed E-state index contributed by atoms with van der Waals surface area (Å²) in [6.45, 7) is 11.7. The van der Waals surface area contributed by atoms with Gasteiger partial charge in [-0.25, -0.2) is 5.06 Å². The average Bonchev–Trinajstić information content (AvgIpc) is 2.20. The molecule has 0 saturated heterocycles. The number of hydrogen-bond acceptors (Lipinski definition) is 3. The number of hydroxylamine groups is 2. The topological polar surface area (TPSA) is 58.6 Å². The fourth-order valence-electron chi connectivity index (χ4n) is 1.06. The summed E-state index contributed by atoms with van der Waals surface area (Å²) in [6.07, 6.45) is 1.28. The molecule has 0 unspecified atom stereocenters. The monoisotopic (exact) mass is 242 g/mol. The van der Waals surface area contributed by atoms with Crippen molar-refractivity contribution in [2.75, 3.05) is 13.1 Å². The highest BCUT2D eigenvalue weighted by molar-refractivity contribution is 5.91. The highest BCUT2D eigenvalue weighted by Crippen LogP contribution is 2.08. The van der Waals surface area contributed by atoms with Crippen LogP contribution in [0.4, 0.5) is 0 Å². The molecule has 0 fully saturated rings. The molecule has 2 amide bonds. The lowest BCUT2D eigenvalue weighted by atomic mass is 10.2. The van der Waals surface area contributed by atoms with E-state index in [1.165, 1.54) is 5.06 Å². The standard InChI is InChI=1S/C12H22N2O3/c1-10(2)11(16)13-7-6-8-14(9-15)17-12(3,4)5/h9H,1,6-8H2,2-5H3,(H,13,16). The molecule has 0 aliphatic carbocycles. The third-order valence-electron chi connectivity index (χ3n) is 1.74. The molecule has 0 atom stereocenters. The molecule has 5 nitrogen and oxygen atoms in total. The van der Waals surface area contributed by atoms with E-state index in [9.17, 15) is 9.59 Å². The summed E-state index contributed by atoms with van der Waals surface area (Å²) in [7, 11) is 0. The molecule has 0 rings (SSSR count). The summed E-state index contributed by atoms with van der Waals surface area (Å²) in [5.74, 6) is -0.167. The van der Waals surface area contributed by atoms with E-state index in [4.69, 9.17) is 4.84 Å². The predicted octanol–water partition coefficient (Wildman–Crippen LogP) is 1.26. The van der Waals surface area contributed by atoms with Gasteiger partial charge in [0.15, 0.2) is 0 Å². The van der Waals surface area contributed by atoms with E-state index in [2.05, 4.69) is 11.9 Å². The second kappa shape index (κ2) is 7.06. The lowest BCUT2D eigenvalue weighted by Crippen LogP contribution is -2.35. The second-order valence-corrected chi connectivity index (χ2v) is 4.84. The highest BCUT2D eigenvalue weighted by atomic mass is 16.7. The molecule has 1 N–H and O–H groups in total. The van der Waals surface area contributed by atoms with Crippen molar-refractivity contribution in [1.82, 2.24) is 10.4 Å². The van der Waals surface area contributed by atoms with Crippen molar-refractivity contribution in [3.63, 3.8) is 0 Å². The van der Waals surface area contributed by atoms with Gasteiger partial charge in [0, 0.05) is 12.1 Å². The zero-order chi connectivity index (χ0) is 13.5. The van der Waals surface area contributed by atoms with Gasteiger partial charge in [0.05, 0.1) is 12.1 Å². The van der Waals surface area contributed by atoms with E-state index < -0.39 is 5.60 Å². The Hall–Kier alpha value is -1.36. The molecule has 0 bridgehead atoms. The minimum Gasteiger partial charge on any atom is -0.352 e. The Kier molecular flexibility index (Phi) is 6.50. The van der Waals surface area contributed by atoms with Gasteiger partial charge in [0.25, 0.3) is 0 Å². The van der Waals surface area contributed by atoms with Crippen molar-refractivity contribution in [1.29, 1.82) is 0 Å². The minimum atomic E-state index is -0.401. The van der Waals surface area contributed by atoms with Crippen LogP contribution in [0.1, 0.15) is 34.1 Å². The SMILES string of the molecule is C=C(C)C(=O)NCCCN(C=O)OC(C)(C)C. The first-order valence-corrected chi connectivity index (χ1v) is 5.61. The minimum absolute atomic E-state index is 0.167. The van der Waals surface area contributed by atoms with Crippen molar-refractivity contribution >= 4 is 12.3 Å². The Balaban J connectivity index is 3.82. The quantitative estimate of drug-likeness (QED) is 0.316. The van der Waals surface area contributed by atoms with Gasteiger partial charge >= 0.3 is 0 Å². The summed E-state index contributed by atoms with van der Waals surface area (Å²) >= 11 is 0. The van der Waals surface area contributed by atoms with Crippen LogP contribution in [0.15, 0.2) is 12.2 Å². The molecule has 0 aromatic carbocycles. The Labute approximate surface area is 103 Å². The zero-order valence-electron chi connectivity index (χ0n) is 11.1. The molecule has 0 spiro atoms. The average molecular weight is 242 g/mol. The van der Waals surface area contributed by atoms with Gasteiger partial charge in [0.2, 0.25) is 12.3 Å². The van der Waals surface area contributed by atoms with Crippen molar-refractivity contribution in [3.05, 3.63) is 12.2 Å². The summed E-state index contributed by atoms with van der Waals surface area (Å²) in [6, 6.07) is 0. The summed E-state index contributed by atoms with van der Waals surface area (Å²) in [4.78, 5) is 27.3. The fourth-order valence-corrected chi connectivity index (χ4v) is 1.06. The van der Waals surface area contributed by atoms with Crippen LogP contribution in [-0.4, -0.2) is 36.1 Å². The molecule has 0 aromatic rings. The first-order valence-electron chi connectivity index (χ1n) is 5.61. The predicted molar refractivity (Wildman–Crippen MR) is 66.0 cm³/mol. The molecule has 5 heteroatoms. The van der Waals surface area contributed by atoms with E-state index in [1.807, 2.05) is 20.8 Å². The van der Waals surface area contributed by atoms with Gasteiger partial charge in [0.1, 0.15) is 0 Å². The first kappa shape index (κ1) is 15.6.